The number of ether oxygens (including phenoxy) is 1. The zero-order chi connectivity index (χ0) is 16.3. The summed E-state index contributed by atoms with van der Waals surface area (Å²) in [5, 5.41) is 3.11. The van der Waals surface area contributed by atoms with Crippen molar-refractivity contribution in [3.8, 4) is 0 Å². The molecule has 0 radical (unpaired) electrons. The van der Waals surface area contributed by atoms with Crippen LogP contribution in [0.15, 0.2) is 12.2 Å². The van der Waals surface area contributed by atoms with Crippen LogP contribution >= 0.6 is 0 Å². The molecule has 0 aromatic heterocycles. The number of unbranched alkanes of at least 4 members (excludes halogenated alkanes) is 2. The van der Waals surface area contributed by atoms with E-state index >= 15 is 0 Å². The van der Waals surface area contributed by atoms with Gasteiger partial charge in [-0.2, -0.15) is 0 Å². The predicted molar refractivity (Wildman–Crippen MR) is 84.7 cm³/mol. The van der Waals surface area contributed by atoms with Crippen LogP contribution in [0.25, 0.3) is 0 Å². The SMILES string of the molecule is CCCCCNC(C=CCCOC(=O)C(C)(C)C)C(N)=O. The minimum absolute atomic E-state index is 0.222. The highest BCUT2D eigenvalue weighted by Crippen LogP contribution is 2.15. The van der Waals surface area contributed by atoms with E-state index in [2.05, 4.69) is 12.2 Å². The highest BCUT2D eigenvalue weighted by molar-refractivity contribution is 5.81. The van der Waals surface area contributed by atoms with Crippen LogP contribution in [-0.4, -0.2) is 31.1 Å². The minimum Gasteiger partial charge on any atom is -0.465 e. The Morgan fingerprint density at radius 2 is 1.95 bits per heavy atom. The van der Waals surface area contributed by atoms with Gasteiger partial charge in [-0.3, -0.25) is 9.59 Å². The number of hydrogen-bond donors (Lipinski definition) is 2. The topological polar surface area (TPSA) is 81.4 Å². The van der Waals surface area contributed by atoms with Crippen molar-refractivity contribution in [2.24, 2.45) is 11.1 Å². The average molecular weight is 298 g/mol. The van der Waals surface area contributed by atoms with Crippen molar-refractivity contribution in [1.29, 1.82) is 0 Å². The van der Waals surface area contributed by atoms with Crippen molar-refractivity contribution in [2.75, 3.05) is 13.2 Å². The molecule has 0 saturated carbocycles. The van der Waals surface area contributed by atoms with Gasteiger partial charge < -0.3 is 15.8 Å². The van der Waals surface area contributed by atoms with Gasteiger partial charge in [-0.1, -0.05) is 31.9 Å². The Balaban J connectivity index is 4.00. The maximum absolute atomic E-state index is 11.5. The van der Waals surface area contributed by atoms with Crippen molar-refractivity contribution >= 4 is 11.9 Å². The first kappa shape index (κ1) is 19.6. The minimum atomic E-state index is -0.486. The molecule has 21 heavy (non-hydrogen) atoms. The normalized spacial score (nSPS) is 13.3. The van der Waals surface area contributed by atoms with Crippen molar-refractivity contribution in [1.82, 2.24) is 5.32 Å². The van der Waals surface area contributed by atoms with Crippen molar-refractivity contribution in [3.63, 3.8) is 0 Å². The van der Waals surface area contributed by atoms with Gasteiger partial charge in [-0.15, -0.1) is 0 Å². The van der Waals surface area contributed by atoms with E-state index in [4.69, 9.17) is 10.5 Å². The molecule has 0 aliphatic carbocycles. The summed E-state index contributed by atoms with van der Waals surface area (Å²) in [5.41, 5.74) is 4.85. The van der Waals surface area contributed by atoms with E-state index in [0.29, 0.717) is 13.0 Å². The van der Waals surface area contributed by atoms with E-state index in [0.717, 1.165) is 25.8 Å². The fourth-order valence-electron chi connectivity index (χ4n) is 1.56. The first-order valence-electron chi connectivity index (χ1n) is 7.65. The largest absolute Gasteiger partial charge is 0.465 e. The predicted octanol–water partition coefficient (Wildman–Crippen LogP) is 2.16. The molecule has 0 rings (SSSR count). The van der Waals surface area contributed by atoms with E-state index in [1.807, 2.05) is 26.8 Å². The number of rotatable bonds is 10. The summed E-state index contributed by atoms with van der Waals surface area (Å²) in [6.45, 7) is 8.65. The zero-order valence-electron chi connectivity index (χ0n) is 13.8. The summed E-state index contributed by atoms with van der Waals surface area (Å²) in [6, 6.07) is -0.458. The molecule has 0 aromatic carbocycles. The Morgan fingerprint density at radius 3 is 2.48 bits per heavy atom. The first-order chi connectivity index (χ1) is 9.79. The van der Waals surface area contributed by atoms with E-state index in [-0.39, 0.29) is 5.97 Å². The second kappa shape index (κ2) is 10.4. The second-order valence-electron chi connectivity index (χ2n) is 6.14. The van der Waals surface area contributed by atoms with Crippen LogP contribution in [0.2, 0.25) is 0 Å². The standard InChI is InChI=1S/C16H30N2O3/c1-5-6-8-11-18-13(14(17)19)10-7-9-12-21-15(20)16(2,3)4/h7,10,13,18H,5-6,8-9,11-12H2,1-4H3,(H2,17,19). The van der Waals surface area contributed by atoms with Crippen LogP contribution in [0.5, 0.6) is 0 Å². The summed E-state index contributed by atoms with van der Waals surface area (Å²) in [6.07, 6.45) is 7.42. The molecule has 0 bridgehead atoms. The van der Waals surface area contributed by atoms with Gasteiger partial charge >= 0.3 is 5.97 Å². The van der Waals surface area contributed by atoms with E-state index in [1.54, 1.807) is 6.08 Å². The molecule has 3 N–H and O–H groups in total. The fourth-order valence-corrected chi connectivity index (χ4v) is 1.56. The maximum Gasteiger partial charge on any atom is 0.311 e. The van der Waals surface area contributed by atoms with E-state index < -0.39 is 17.4 Å². The lowest BCUT2D eigenvalue weighted by molar-refractivity contribution is -0.152. The molecular formula is C16H30N2O3. The Kier molecular flexibility index (Phi) is 9.71. The number of esters is 1. The summed E-state index contributed by atoms with van der Waals surface area (Å²) in [7, 11) is 0. The molecule has 1 unspecified atom stereocenters. The molecule has 1 amide bonds. The second-order valence-corrected chi connectivity index (χ2v) is 6.14. The van der Waals surface area contributed by atoms with E-state index in [9.17, 15) is 9.59 Å². The molecule has 0 saturated heterocycles. The summed E-state index contributed by atoms with van der Waals surface area (Å²) >= 11 is 0. The van der Waals surface area contributed by atoms with Crippen LogP contribution in [0.1, 0.15) is 53.4 Å². The number of amides is 1. The number of nitrogens with two attached hydrogens (primary N) is 1. The van der Waals surface area contributed by atoms with Crippen LogP contribution in [0.3, 0.4) is 0 Å². The fraction of sp³-hybridized carbons (Fsp3) is 0.750. The Labute approximate surface area is 128 Å². The number of primary amides is 1. The molecule has 1 atom stereocenters. The first-order valence-corrected chi connectivity index (χ1v) is 7.65. The highest BCUT2D eigenvalue weighted by Gasteiger charge is 2.22. The van der Waals surface area contributed by atoms with Crippen molar-refractivity contribution in [3.05, 3.63) is 12.2 Å². The molecule has 0 aliphatic heterocycles. The third-order valence-electron chi connectivity index (χ3n) is 2.91. The van der Waals surface area contributed by atoms with Gasteiger partial charge in [0, 0.05) is 0 Å². The Hall–Kier alpha value is -1.36. The quantitative estimate of drug-likeness (QED) is 0.368. The molecule has 0 aromatic rings. The van der Waals surface area contributed by atoms with E-state index in [1.165, 1.54) is 0 Å². The van der Waals surface area contributed by atoms with Gasteiger partial charge in [-0.25, -0.2) is 0 Å². The molecule has 5 nitrogen and oxygen atoms in total. The van der Waals surface area contributed by atoms with Gasteiger partial charge in [0.1, 0.15) is 6.04 Å². The highest BCUT2D eigenvalue weighted by atomic mass is 16.5. The molecule has 0 aliphatic rings. The maximum atomic E-state index is 11.5. The summed E-state index contributed by atoms with van der Waals surface area (Å²) < 4.78 is 5.14. The van der Waals surface area contributed by atoms with Gasteiger partial charge in [0.2, 0.25) is 5.91 Å². The van der Waals surface area contributed by atoms with Crippen molar-refractivity contribution < 1.29 is 14.3 Å². The summed E-state index contributed by atoms with van der Waals surface area (Å²) in [5.74, 6) is -0.616. The third-order valence-corrected chi connectivity index (χ3v) is 2.91. The number of carbonyl (C=O) groups is 2. The molecule has 0 heterocycles. The third kappa shape index (κ3) is 10.1. The number of carbonyl (C=O) groups excluding carboxylic acids is 2. The van der Waals surface area contributed by atoms with Crippen LogP contribution in [-0.2, 0) is 14.3 Å². The average Bonchev–Trinajstić information content (AvgIpc) is 2.39. The lowest BCUT2D eigenvalue weighted by Crippen LogP contribution is -2.40. The molecule has 122 valence electrons. The molecule has 0 fully saturated rings. The molecule has 0 spiro atoms. The number of nitrogens with one attached hydrogen (secondary N) is 1. The number of hydrogen-bond acceptors (Lipinski definition) is 4. The van der Waals surface area contributed by atoms with Gasteiger partial charge in [0.25, 0.3) is 0 Å². The smallest absolute Gasteiger partial charge is 0.311 e. The monoisotopic (exact) mass is 298 g/mol. The summed E-state index contributed by atoms with van der Waals surface area (Å²) in [4.78, 5) is 22.8. The van der Waals surface area contributed by atoms with Crippen LogP contribution in [0.4, 0.5) is 0 Å². The lowest BCUT2D eigenvalue weighted by atomic mass is 9.97. The van der Waals surface area contributed by atoms with Crippen LogP contribution in [0, 0.1) is 5.41 Å². The van der Waals surface area contributed by atoms with Gasteiger partial charge in [0.15, 0.2) is 0 Å². The molecular weight excluding hydrogens is 268 g/mol. The van der Waals surface area contributed by atoms with Gasteiger partial charge in [0.05, 0.1) is 12.0 Å². The van der Waals surface area contributed by atoms with Gasteiger partial charge in [-0.05, 0) is 40.2 Å². The lowest BCUT2D eigenvalue weighted by Gasteiger charge is -2.16. The Bertz CT molecular complexity index is 346. The Morgan fingerprint density at radius 1 is 1.29 bits per heavy atom. The van der Waals surface area contributed by atoms with Crippen LogP contribution < -0.4 is 11.1 Å². The zero-order valence-corrected chi connectivity index (χ0v) is 13.8. The van der Waals surface area contributed by atoms with Crippen molar-refractivity contribution in [2.45, 2.75) is 59.4 Å². The molecule has 5 heteroatoms.